The maximum absolute atomic E-state index is 11.8. The standard InChI is InChI=1S/C29H44N2O3/c1-19-7-10-27(20(2)15-19)31-13-11-30(12-14-31)18-22(4)25-9-8-23(5)29(33)17-28(34-24(6)32)21(3)16-26(25)29/h7,10,15-16,22-23,25-26,28,33H,8-9,11-14,17-18H2,1-6H3/t22?,23-,25+,26-,28-,29-/m1/s1. The third-order valence-corrected chi connectivity index (χ3v) is 8.94. The molecular formula is C29H44N2O3. The number of benzene rings is 1. The van der Waals surface area contributed by atoms with Crippen molar-refractivity contribution in [3.63, 3.8) is 0 Å². The number of aryl methyl sites for hydroxylation is 2. The van der Waals surface area contributed by atoms with Crippen molar-refractivity contribution in [3.05, 3.63) is 41.0 Å². The van der Waals surface area contributed by atoms with E-state index in [4.69, 9.17) is 4.74 Å². The van der Waals surface area contributed by atoms with Gasteiger partial charge >= 0.3 is 5.97 Å². The number of hydrogen-bond acceptors (Lipinski definition) is 5. The summed E-state index contributed by atoms with van der Waals surface area (Å²) in [6, 6.07) is 6.77. The average molecular weight is 469 g/mol. The van der Waals surface area contributed by atoms with Crippen molar-refractivity contribution in [2.45, 2.75) is 72.5 Å². The van der Waals surface area contributed by atoms with Gasteiger partial charge in [0, 0.05) is 57.7 Å². The molecule has 6 atom stereocenters. The van der Waals surface area contributed by atoms with Gasteiger partial charge in [-0.1, -0.05) is 37.6 Å². The van der Waals surface area contributed by atoms with Crippen molar-refractivity contribution >= 4 is 11.7 Å². The third-order valence-electron chi connectivity index (χ3n) is 8.94. The lowest BCUT2D eigenvalue weighted by Crippen LogP contribution is -2.56. The lowest BCUT2D eigenvalue weighted by Gasteiger charge is -2.53. The normalized spacial score (nSPS) is 33.1. The minimum absolute atomic E-state index is 0.134. The fourth-order valence-electron chi connectivity index (χ4n) is 6.87. The number of nitrogens with zero attached hydrogens (tertiary/aromatic N) is 2. The number of carbonyl (C=O) groups is 1. The van der Waals surface area contributed by atoms with E-state index in [-0.39, 0.29) is 23.9 Å². The van der Waals surface area contributed by atoms with Gasteiger partial charge in [0.15, 0.2) is 0 Å². The minimum Gasteiger partial charge on any atom is -0.458 e. The zero-order valence-corrected chi connectivity index (χ0v) is 22.0. The summed E-state index contributed by atoms with van der Waals surface area (Å²) in [5, 5.41) is 11.8. The van der Waals surface area contributed by atoms with Crippen molar-refractivity contribution in [3.8, 4) is 0 Å². The Hall–Kier alpha value is -1.85. The smallest absolute Gasteiger partial charge is 0.303 e. The van der Waals surface area contributed by atoms with Crippen molar-refractivity contribution in [2.24, 2.45) is 23.7 Å². The summed E-state index contributed by atoms with van der Waals surface area (Å²) in [6.45, 7) is 17.8. The van der Waals surface area contributed by atoms with Crippen LogP contribution in [0.2, 0.25) is 0 Å². The Labute approximate surface area is 206 Å². The SMILES string of the molecule is CC(=O)O[C@@H]1C[C@@]2(O)[C@H](C)CC[C@@H](C(C)CN3CCN(c4ccc(C)cc4C)CC3)[C@H]2C=C1C. The molecule has 1 N–H and O–H groups in total. The fourth-order valence-corrected chi connectivity index (χ4v) is 6.87. The zero-order chi connectivity index (χ0) is 24.6. The summed E-state index contributed by atoms with van der Waals surface area (Å²) in [4.78, 5) is 16.7. The first-order chi connectivity index (χ1) is 16.1. The van der Waals surface area contributed by atoms with Crippen LogP contribution in [0.1, 0.15) is 58.1 Å². The molecule has 1 aromatic rings. The first kappa shape index (κ1) is 25.2. The molecule has 0 amide bonds. The van der Waals surface area contributed by atoms with Crippen LogP contribution in [0.5, 0.6) is 0 Å². The van der Waals surface area contributed by atoms with Crippen LogP contribution >= 0.6 is 0 Å². The zero-order valence-electron chi connectivity index (χ0n) is 22.0. The number of aliphatic hydroxyl groups is 1. The maximum atomic E-state index is 11.8. The second-order valence-corrected chi connectivity index (χ2v) is 11.4. The van der Waals surface area contributed by atoms with Gasteiger partial charge in [-0.3, -0.25) is 9.69 Å². The monoisotopic (exact) mass is 468 g/mol. The van der Waals surface area contributed by atoms with Crippen LogP contribution in [0.3, 0.4) is 0 Å². The van der Waals surface area contributed by atoms with E-state index in [2.05, 4.69) is 68.7 Å². The Morgan fingerprint density at radius 3 is 2.53 bits per heavy atom. The number of rotatable bonds is 5. The Bertz CT molecular complexity index is 920. The summed E-state index contributed by atoms with van der Waals surface area (Å²) < 4.78 is 5.56. The Morgan fingerprint density at radius 1 is 1.18 bits per heavy atom. The van der Waals surface area contributed by atoms with Gasteiger partial charge in [-0.2, -0.15) is 0 Å². The molecule has 1 saturated heterocycles. The van der Waals surface area contributed by atoms with E-state index in [0.29, 0.717) is 18.3 Å². The number of anilines is 1. The molecule has 0 spiro atoms. The van der Waals surface area contributed by atoms with Crippen molar-refractivity contribution in [1.29, 1.82) is 0 Å². The molecule has 188 valence electrons. The van der Waals surface area contributed by atoms with Gasteiger partial charge in [-0.05, 0) is 68.6 Å². The van der Waals surface area contributed by atoms with Crippen molar-refractivity contribution < 1.29 is 14.6 Å². The molecule has 2 aliphatic carbocycles. The van der Waals surface area contributed by atoms with Crippen LogP contribution in [-0.4, -0.2) is 60.4 Å². The molecule has 1 aliphatic heterocycles. The van der Waals surface area contributed by atoms with Gasteiger partial charge in [-0.25, -0.2) is 0 Å². The lowest BCUT2D eigenvalue weighted by atomic mass is 9.57. The molecule has 0 bridgehead atoms. The predicted molar refractivity (Wildman–Crippen MR) is 138 cm³/mol. The van der Waals surface area contributed by atoms with Crippen LogP contribution in [0.25, 0.3) is 0 Å². The first-order valence-corrected chi connectivity index (χ1v) is 13.2. The van der Waals surface area contributed by atoms with Gasteiger partial charge < -0.3 is 14.7 Å². The number of piperazine rings is 1. The van der Waals surface area contributed by atoms with E-state index in [9.17, 15) is 9.90 Å². The number of fused-ring (bicyclic) bond motifs is 1. The van der Waals surface area contributed by atoms with E-state index in [1.54, 1.807) is 0 Å². The summed E-state index contributed by atoms with van der Waals surface area (Å²) in [6.07, 6.45) is 4.65. The lowest BCUT2D eigenvalue weighted by molar-refractivity contribution is -0.159. The second-order valence-electron chi connectivity index (χ2n) is 11.4. The molecule has 1 unspecified atom stereocenters. The van der Waals surface area contributed by atoms with E-state index < -0.39 is 5.60 Å². The topological polar surface area (TPSA) is 53.0 Å². The summed E-state index contributed by atoms with van der Waals surface area (Å²) in [5.41, 5.74) is 4.36. The molecule has 2 fully saturated rings. The number of ether oxygens (including phenoxy) is 1. The summed E-state index contributed by atoms with van der Waals surface area (Å²) in [7, 11) is 0. The van der Waals surface area contributed by atoms with Crippen LogP contribution in [0, 0.1) is 37.5 Å². The Morgan fingerprint density at radius 2 is 1.88 bits per heavy atom. The van der Waals surface area contributed by atoms with Crippen LogP contribution < -0.4 is 4.90 Å². The molecular weight excluding hydrogens is 424 g/mol. The summed E-state index contributed by atoms with van der Waals surface area (Å²) >= 11 is 0. The molecule has 0 aromatic heterocycles. The largest absolute Gasteiger partial charge is 0.458 e. The molecule has 0 radical (unpaired) electrons. The Kier molecular flexibility index (Phi) is 7.44. The molecule has 1 aromatic carbocycles. The van der Waals surface area contributed by atoms with Crippen molar-refractivity contribution in [2.75, 3.05) is 37.6 Å². The minimum atomic E-state index is -0.793. The third kappa shape index (κ3) is 5.06. The molecule has 4 rings (SSSR count). The quantitative estimate of drug-likeness (QED) is 0.500. The number of hydrogen-bond donors (Lipinski definition) is 1. The predicted octanol–water partition coefficient (Wildman–Crippen LogP) is 4.74. The second kappa shape index (κ2) is 10.0. The van der Waals surface area contributed by atoms with Crippen LogP contribution in [-0.2, 0) is 9.53 Å². The molecule has 1 saturated carbocycles. The fraction of sp³-hybridized carbons (Fsp3) is 0.690. The first-order valence-electron chi connectivity index (χ1n) is 13.2. The van der Waals surface area contributed by atoms with E-state index in [1.165, 1.54) is 23.7 Å². The van der Waals surface area contributed by atoms with Crippen LogP contribution in [0.15, 0.2) is 29.8 Å². The average Bonchev–Trinajstić information content (AvgIpc) is 2.76. The molecule has 5 heteroatoms. The van der Waals surface area contributed by atoms with E-state index in [1.807, 2.05) is 0 Å². The highest BCUT2D eigenvalue weighted by atomic mass is 16.5. The van der Waals surface area contributed by atoms with Gasteiger partial charge in [0.25, 0.3) is 0 Å². The van der Waals surface area contributed by atoms with Crippen molar-refractivity contribution in [1.82, 2.24) is 4.90 Å². The highest BCUT2D eigenvalue weighted by Gasteiger charge is 2.52. The maximum Gasteiger partial charge on any atom is 0.303 e. The van der Waals surface area contributed by atoms with Gasteiger partial charge in [0.2, 0.25) is 0 Å². The van der Waals surface area contributed by atoms with Gasteiger partial charge in [-0.15, -0.1) is 0 Å². The van der Waals surface area contributed by atoms with E-state index in [0.717, 1.165) is 51.1 Å². The molecule has 1 heterocycles. The highest BCUT2D eigenvalue weighted by Crippen LogP contribution is 2.51. The Balaban J connectivity index is 1.41. The van der Waals surface area contributed by atoms with Crippen LogP contribution in [0.4, 0.5) is 5.69 Å². The number of carbonyl (C=O) groups excluding carboxylic acids is 1. The molecule has 5 nitrogen and oxygen atoms in total. The molecule has 34 heavy (non-hydrogen) atoms. The number of esters is 1. The van der Waals surface area contributed by atoms with E-state index >= 15 is 0 Å². The summed E-state index contributed by atoms with van der Waals surface area (Å²) in [5.74, 6) is 1.03. The molecule has 3 aliphatic rings. The highest BCUT2D eigenvalue weighted by molar-refractivity contribution is 5.66. The van der Waals surface area contributed by atoms with Gasteiger partial charge in [0.1, 0.15) is 6.10 Å². The van der Waals surface area contributed by atoms with Gasteiger partial charge in [0.05, 0.1) is 5.60 Å².